The Labute approximate surface area is 152 Å². The van der Waals surface area contributed by atoms with E-state index in [9.17, 15) is 17.6 Å². The minimum atomic E-state index is -3.88. The van der Waals surface area contributed by atoms with Gasteiger partial charge < -0.3 is 10.1 Å². The molecule has 0 aliphatic rings. The molecule has 0 heterocycles. The molecule has 0 unspecified atom stereocenters. The molecule has 2 aromatic carbocycles. The molecule has 0 bridgehead atoms. The van der Waals surface area contributed by atoms with Crippen LogP contribution in [-0.4, -0.2) is 39.3 Å². The van der Waals surface area contributed by atoms with Crippen LogP contribution >= 0.6 is 0 Å². The van der Waals surface area contributed by atoms with E-state index in [-0.39, 0.29) is 17.5 Å². The van der Waals surface area contributed by atoms with Gasteiger partial charge in [0.2, 0.25) is 15.9 Å². The Balaban J connectivity index is 2.05. The maximum atomic E-state index is 13.0. The van der Waals surface area contributed by atoms with Crippen LogP contribution in [-0.2, 0) is 14.8 Å². The van der Waals surface area contributed by atoms with Gasteiger partial charge in [-0.25, -0.2) is 12.8 Å². The van der Waals surface area contributed by atoms with E-state index in [0.717, 1.165) is 34.1 Å². The third-order valence-electron chi connectivity index (χ3n) is 3.87. The molecule has 0 fully saturated rings. The van der Waals surface area contributed by atoms with E-state index in [1.807, 2.05) is 18.2 Å². The van der Waals surface area contributed by atoms with Crippen LogP contribution in [0.3, 0.4) is 0 Å². The zero-order valence-electron chi connectivity index (χ0n) is 14.8. The molecule has 0 aromatic heterocycles. The van der Waals surface area contributed by atoms with Gasteiger partial charge in [-0.2, -0.15) is 4.31 Å². The summed E-state index contributed by atoms with van der Waals surface area (Å²) in [5.74, 6) is -0.362. The van der Waals surface area contributed by atoms with Crippen molar-refractivity contribution < 1.29 is 22.3 Å². The number of nitrogens with one attached hydrogen (secondary N) is 1. The van der Waals surface area contributed by atoms with Crippen LogP contribution in [0, 0.1) is 5.82 Å². The first kappa shape index (κ1) is 19.9. The molecule has 0 spiro atoms. The topological polar surface area (TPSA) is 75.7 Å². The Morgan fingerprint density at radius 3 is 2.42 bits per heavy atom. The molecule has 1 atom stereocenters. The molecular weight excluding hydrogens is 359 g/mol. The number of benzene rings is 2. The summed E-state index contributed by atoms with van der Waals surface area (Å²) in [6.45, 7) is 1.42. The summed E-state index contributed by atoms with van der Waals surface area (Å²) in [7, 11) is -1.05. The summed E-state index contributed by atoms with van der Waals surface area (Å²) in [6.07, 6.45) is 0. The second kappa shape index (κ2) is 8.29. The van der Waals surface area contributed by atoms with E-state index < -0.39 is 21.7 Å². The second-order valence-electron chi connectivity index (χ2n) is 5.75. The van der Waals surface area contributed by atoms with Crippen molar-refractivity contribution in [2.75, 3.05) is 20.7 Å². The lowest BCUT2D eigenvalue weighted by Crippen LogP contribution is -2.39. The molecule has 0 aliphatic heterocycles. The van der Waals surface area contributed by atoms with Crippen LogP contribution < -0.4 is 10.1 Å². The van der Waals surface area contributed by atoms with Crippen LogP contribution in [0.25, 0.3) is 0 Å². The maximum Gasteiger partial charge on any atom is 0.243 e. The number of amides is 1. The number of halogens is 1. The van der Waals surface area contributed by atoms with Crippen LogP contribution in [0.1, 0.15) is 18.5 Å². The van der Waals surface area contributed by atoms with Gasteiger partial charge in [-0.15, -0.1) is 0 Å². The van der Waals surface area contributed by atoms with E-state index >= 15 is 0 Å². The van der Waals surface area contributed by atoms with E-state index in [1.165, 1.54) is 14.2 Å². The first-order valence-corrected chi connectivity index (χ1v) is 9.34. The Morgan fingerprint density at radius 1 is 1.19 bits per heavy atom. The van der Waals surface area contributed by atoms with Gasteiger partial charge in [0.1, 0.15) is 11.6 Å². The standard InChI is InChI=1S/C18H21FN2O4S/c1-13(16-6-4-5-7-17(16)25-3)20-18(22)12-21(2)26(23,24)15-10-8-14(19)9-11-15/h4-11,13H,12H2,1-3H3,(H,20,22)/t13-/m1/s1. The fourth-order valence-electron chi connectivity index (χ4n) is 2.46. The average Bonchev–Trinajstić information content (AvgIpc) is 2.61. The second-order valence-corrected chi connectivity index (χ2v) is 7.79. The molecule has 140 valence electrons. The normalized spacial score (nSPS) is 12.7. The number of para-hydroxylation sites is 1. The van der Waals surface area contributed by atoms with Gasteiger partial charge in [0.15, 0.2) is 0 Å². The minimum absolute atomic E-state index is 0.0769. The smallest absolute Gasteiger partial charge is 0.243 e. The molecule has 1 N–H and O–H groups in total. The third-order valence-corrected chi connectivity index (χ3v) is 5.69. The molecule has 0 radical (unpaired) electrons. The van der Waals surface area contributed by atoms with Crippen LogP contribution in [0.5, 0.6) is 5.75 Å². The molecule has 2 aromatic rings. The monoisotopic (exact) mass is 380 g/mol. The lowest BCUT2D eigenvalue weighted by Gasteiger charge is -2.20. The zero-order chi connectivity index (χ0) is 19.3. The fraction of sp³-hybridized carbons (Fsp3) is 0.278. The van der Waals surface area contributed by atoms with E-state index in [1.54, 1.807) is 13.0 Å². The van der Waals surface area contributed by atoms with Crippen molar-refractivity contribution in [2.24, 2.45) is 0 Å². The van der Waals surface area contributed by atoms with Gasteiger partial charge in [0, 0.05) is 12.6 Å². The van der Waals surface area contributed by atoms with Crippen molar-refractivity contribution in [1.29, 1.82) is 0 Å². The summed E-state index contributed by atoms with van der Waals surface area (Å²) in [5.41, 5.74) is 0.785. The summed E-state index contributed by atoms with van der Waals surface area (Å²) >= 11 is 0. The maximum absolute atomic E-state index is 13.0. The Morgan fingerprint density at radius 2 is 1.81 bits per heavy atom. The van der Waals surface area contributed by atoms with Gasteiger partial charge in [-0.3, -0.25) is 4.79 Å². The van der Waals surface area contributed by atoms with Crippen molar-refractivity contribution in [1.82, 2.24) is 9.62 Å². The van der Waals surface area contributed by atoms with Crippen molar-refractivity contribution in [2.45, 2.75) is 17.9 Å². The number of hydrogen-bond donors (Lipinski definition) is 1. The largest absolute Gasteiger partial charge is 0.496 e. The highest BCUT2D eigenvalue weighted by atomic mass is 32.2. The van der Waals surface area contributed by atoms with Crippen LogP contribution in [0.2, 0.25) is 0 Å². The summed E-state index contributed by atoms with van der Waals surface area (Å²) in [6, 6.07) is 11.3. The van der Waals surface area contributed by atoms with Gasteiger partial charge >= 0.3 is 0 Å². The summed E-state index contributed by atoms with van der Waals surface area (Å²) in [5, 5.41) is 2.75. The number of ether oxygens (including phenoxy) is 1. The first-order valence-electron chi connectivity index (χ1n) is 7.90. The highest BCUT2D eigenvalue weighted by Crippen LogP contribution is 2.24. The SMILES string of the molecule is COc1ccccc1[C@@H](C)NC(=O)CN(C)S(=O)(=O)c1ccc(F)cc1. The number of rotatable bonds is 7. The summed E-state index contributed by atoms with van der Waals surface area (Å²) in [4.78, 5) is 12.2. The third kappa shape index (κ3) is 4.59. The minimum Gasteiger partial charge on any atom is -0.496 e. The van der Waals surface area contributed by atoms with E-state index in [0.29, 0.717) is 5.75 Å². The molecule has 0 saturated heterocycles. The van der Waals surface area contributed by atoms with E-state index in [4.69, 9.17) is 4.74 Å². The molecule has 0 saturated carbocycles. The highest BCUT2D eigenvalue weighted by Gasteiger charge is 2.24. The number of nitrogens with zero attached hydrogens (tertiary/aromatic N) is 1. The predicted molar refractivity (Wildman–Crippen MR) is 95.8 cm³/mol. The highest BCUT2D eigenvalue weighted by molar-refractivity contribution is 7.89. The fourth-order valence-corrected chi connectivity index (χ4v) is 3.59. The Bertz CT molecular complexity index is 869. The van der Waals surface area contributed by atoms with E-state index in [2.05, 4.69) is 5.32 Å². The van der Waals surface area contributed by atoms with Gasteiger partial charge in [-0.05, 0) is 37.3 Å². The zero-order valence-corrected chi connectivity index (χ0v) is 15.6. The molecule has 6 nitrogen and oxygen atoms in total. The lowest BCUT2D eigenvalue weighted by molar-refractivity contribution is -0.121. The van der Waals surface area contributed by atoms with Gasteiger partial charge in [0.25, 0.3) is 0 Å². The molecular formula is C18H21FN2O4S. The quantitative estimate of drug-likeness (QED) is 0.800. The summed E-state index contributed by atoms with van der Waals surface area (Å²) < 4.78 is 44.0. The predicted octanol–water partition coefficient (Wildman–Crippen LogP) is 2.33. The number of carbonyl (C=O) groups is 1. The molecule has 0 aliphatic carbocycles. The number of likely N-dealkylation sites (N-methyl/N-ethyl adjacent to an activating group) is 1. The van der Waals surface area contributed by atoms with Crippen molar-refractivity contribution in [3.8, 4) is 5.75 Å². The Kier molecular flexibility index (Phi) is 6.33. The number of sulfonamides is 1. The van der Waals surface area contributed by atoms with Gasteiger partial charge in [-0.1, -0.05) is 18.2 Å². The molecule has 8 heteroatoms. The van der Waals surface area contributed by atoms with Crippen LogP contribution in [0.15, 0.2) is 53.4 Å². The number of carbonyl (C=O) groups excluding carboxylic acids is 1. The average molecular weight is 380 g/mol. The number of hydrogen-bond acceptors (Lipinski definition) is 4. The van der Waals surface area contributed by atoms with Crippen molar-refractivity contribution in [3.05, 3.63) is 59.9 Å². The van der Waals surface area contributed by atoms with Crippen molar-refractivity contribution >= 4 is 15.9 Å². The van der Waals surface area contributed by atoms with Crippen molar-refractivity contribution in [3.63, 3.8) is 0 Å². The molecule has 2 rings (SSSR count). The Hall–Kier alpha value is -2.45. The lowest BCUT2D eigenvalue weighted by atomic mass is 10.1. The van der Waals surface area contributed by atoms with Crippen LogP contribution in [0.4, 0.5) is 4.39 Å². The van der Waals surface area contributed by atoms with Gasteiger partial charge in [0.05, 0.1) is 24.6 Å². The number of methoxy groups -OCH3 is 1. The first-order chi connectivity index (χ1) is 12.3. The molecule has 1 amide bonds. The molecule has 26 heavy (non-hydrogen) atoms.